The minimum Gasteiger partial charge on any atom is -0.496 e. The van der Waals surface area contributed by atoms with Gasteiger partial charge in [0.15, 0.2) is 16.7 Å². The summed E-state index contributed by atoms with van der Waals surface area (Å²) in [7, 11) is 1.63. The molecule has 0 aliphatic carbocycles. The van der Waals surface area contributed by atoms with Gasteiger partial charge in [0.1, 0.15) is 18.1 Å². The van der Waals surface area contributed by atoms with Gasteiger partial charge in [-0.3, -0.25) is 0 Å². The number of methoxy groups -OCH3 is 1. The maximum absolute atomic E-state index is 5.95. The molecule has 32 heavy (non-hydrogen) atoms. The summed E-state index contributed by atoms with van der Waals surface area (Å²) >= 11 is 1.44. The van der Waals surface area contributed by atoms with Crippen LogP contribution in [0.15, 0.2) is 76.9 Å². The van der Waals surface area contributed by atoms with E-state index in [2.05, 4.69) is 10.2 Å². The van der Waals surface area contributed by atoms with Crippen LogP contribution < -0.4 is 24.7 Å². The molecule has 0 saturated carbocycles. The van der Waals surface area contributed by atoms with Crippen molar-refractivity contribution < 1.29 is 18.9 Å². The van der Waals surface area contributed by atoms with Gasteiger partial charge < -0.3 is 24.7 Å². The Kier molecular flexibility index (Phi) is 7.14. The Morgan fingerprint density at radius 1 is 1.06 bits per heavy atom. The van der Waals surface area contributed by atoms with Gasteiger partial charge in [0.25, 0.3) is 0 Å². The third-order valence-electron chi connectivity index (χ3n) is 4.64. The van der Waals surface area contributed by atoms with E-state index >= 15 is 0 Å². The number of hydrogen-bond acceptors (Lipinski definition) is 7. The van der Waals surface area contributed by atoms with E-state index in [1.165, 1.54) is 17.3 Å². The highest BCUT2D eigenvalue weighted by Gasteiger charge is 2.14. The lowest BCUT2D eigenvalue weighted by molar-refractivity contribution is 0.173. The van der Waals surface area contributed by atoms with Crippen LogP contribution in [0, 0.1) is 0 Å². The Labute approximate surface area is 190 Å². The number of rotatable bonds is 8. The van der Waals surface area contributed by atoms with Crippen molar-refractivity contribution in [1.82, 2.24) is 0 Å². The molecule has 0 aromatic heterocycles. The maximum Gasteiger partial charge on any atom is 0.231 e. The molecule has 2 N–H and O–H groups in total. The van der Waals surface area contributed by atoms with Gasteiger partial charge in [0, 0.05) is 17.4 Å². The molecule has 0 radical (unpaired) electrons. The maximum atomic E-state index is 5.95. The summed E-state index contributed by atoms with van der Waals surface area (Å²) in [5.74, 6) is 3.55. The summed E-state index contributed by atoms with van der Waals surface area (Å²) in [5, 5.41) is 8.59. The van der Waals surface area contributed by atoms with E-state index in [-0.39, 0.29) is 6.79 Å². The summed E-state index contributed by atoms with van der Waals surface area (Å²) in [6.45, 7) is 0.550. The van der Waals surface area contributed by atoms with Crippen LogP contribution in [0.5, 0.6) is 23.0 Å². The molecule has 0 atom stereocenters. The van der Waals surface area contributed by atoms with Crippen molar-refractivity contribution >= 4 is 23.1 Å². The number of ether oxygens (including phenoxy) is 4. The summed E-state index contributed by atoms with van der Waals surface area (Å²) in [4.78, 5) is 0. The van der Waals surface area contributed by atoms with Crippen LogP contribution in [0.2, 0.25) is 0 Å². The van der Waals surface area contributed by atoms with Crippen molar-refractivity contribution in [3.63, 3.8) is 0 Å². The standard InChI is InChI=1S/C24H23N3O4S/c1-28-21-9-7-18(13-26-27-24(25)32-15-17-5-3-2-4-6-17)11-19(21)14-29-20-8-10-22-23(12-20)31-16-30-22/h2-13H,14-16H2,1H3,(H2,25,27). The quantitative estimate of drug-likeness (QED) is 0.308. The lowest BCUT2D eigenvalue weighted by Crippen LogP contribution is -2.06. The highest BCUT2D eigenvalue weighted by Crippen LogP contribution is 2.35. The third-order valence-corrected chi connectivity index (χ3v) is 5.49. The normalized spacial score (nSPS) is 12.8. The lowest BCUT2D eigenvalue weighted by atomic mass is 10.1. The van der Waals surface area contributed by atoms with E-state index in [1.54, 1.807) is 13.3 Å². The average molecular weight is 450 g/mol. The molecule has 7 nitrogen and oxygen atoms in total. The van der Waals surface area contributed by atoms with E-state index < -0.39 is 0 Å². The molecule has 1 heterocycles. The fourth-order valence-corrected chi connectivity index (χ4v) is 3.64. The number of nitrogens with zero attached hydrogens (tertiary/aromatic N) is 2. The van der Waals surface area contributed by atoms with Crippen LogP contribution in [0.3, 0.4) is 0 Å². The van der Waals surface area contributed by atoms with Crippen LogP contribution in [-0.2, 0) is 12.4 Å². The Bertz CT molecular complexity index is 1120. The number of benzene rings is 3. The first-order chi connectivity index (χ1) is 15.7. The third kappa shape index (κ3) is 5.73. The number of fused-ring (bicyclic) bond motifs is 1. The molecule has 0 unspecified atom stereocenters. The van der Waals surface area contributed by atoms with Gasteiger partial charge in [-0.25, -0.2) is 0 Å². The fraction of sp³-hybridized carbons (Fsp3) is 0.167. The first kappa shape index (κ1) is 21.6. The molecular weight excluding hydrogens is 426 g/mol. The smallest absolute Gasteiger partial charge is 0.231 e. The van der Waals surface area contributed by atoms with Crippen molar-refractivity contribution in [1.29, 1.82) is 0 Å². The molecule has 3 aromatic carbocycles. The van der Waals surface area contributed by atoms with Crippen molar-refractivity contribution in [2.75, 3.05) is 13.9 Å². The molecule has 4 rings (SSSR count). The lowest BCUT2D eigenvalue weighted by Gasteiger charge is -2.11. The van der Waals surface area contributed by atoms with Gasteiger partial charge in [0.05, 0.1) is 13.3 Å². The number of hydrogen-bond donors (Lipinski definition) is 1. The average Bonchev–Trinajstić information content (AvgIpc) is 3.30. The molecule has 0 bridgehead atoms. The number of nitrogens with two attached hydrogens (primary N) is 1. The number of thioether (sulfide) groups is 1. The van der Waals surface area contributed by atoms with E-state index in [4.69, 9.17) is 24.7 Å². The topological polar surface area (TPSA) is 87.7 Å². The molecule has 0 spiro atoms. The zero-order chi connectivity index (χ0) is 22.2. The predicted molar refractivity (Wildman–Crippen MR) is 127 cm³/mol. The van der Waals surface area contributed by atoms with Crippen molar-refractivity contribution in [2.24, 2.45) is 15.9 Å². The summed E-state index contributed by atoms with van der Waals surface area (Å²) in [5.41, 5.74) is 8.87. The predicted octanol–water partition coefficient (Wildman–Crippen LogP) is 4.58. The Morgan fingerprint density at radius 3 is 2.75 bits per heavy atom. The minimum atomic E-state index is 0.228. The highest BCUT2D eigenvalue weighted by atomic mass is 32.2. The number of amidine groups is 1. The van der Waals surface area contributed by atoms with Crippen LogP contribution in [0.1, 0.15) is 16.7 Å². The molecule has 164 valence electrons. The molecule has 1 aliphatic rings. The fourth-order valence-electron chi connectivity index (χ4n) is 3.03. The Morgan fingerprint density at radius 2 is 1.91 bits per heavy atom. The Balaban J connectivity index is 1.37. The first-order valence-corrected chi connectivity index (χ1v) is 10.9. The van der Waals surface area contributed by atoms with Gasteiger partial charge in [-0.05, 0) is 41.5 Å². The second-order valence-corrected chi connectivity index (χ2v) is 7.83. The van der Waals surface area contributed by atoms with Crippen LogP contribution in [0.4, 0.5) is 0 Å². The zero-order valence-electron chi connectivity index (χ0n) is 17.6. The van der Waals surface area contributed by atoms with Gasteiger partial charge in [-0.15, -0.1) is 5.10 Å². The van der Waals surface area contributed by atoms with E-state index in [1.807, 2.05) is 66.7 Å². The zero-order valence-corrected chi connectivity index (χ0v) is 18.4. The van der Waals surface area contributed by atoms with Crippen molar-refractivity contribution in [3.05, 3.63) is 83.4 Å². The van der Waals surface area contributed by atoms with Gasteiger partial charge >= 0.3 is 0 Å². The van der Waals surface area contributed by atoms with E-state index in [9.17, 15) is 0 Å². The van der Waals surface area contributed by atoms with Gasteiger partial charge in [0.2, 0.25) is 6.79 Å². The second-order valence-electron chi connectivity index (χ2n) is 6.83. The molecular formula is C24H23N3O4S. The second kappa shape index (κ2) is 10.6. The first-order valence-electron chi connectivity index (χ1n) is 9.94. The van der Waals surface area contributed by atoms with Crippen LogP contribution in [0.25, 0.3) is 0 Å². The van der Waals surface area contributed by atoms with Crippen LogP contribution in [-0.4, -0.2) is 25.3 Å². The molecule has 0 amide bonds. The summed E-state index contributed by atoms with van der Waals surface area (Å²) in [6.07, 6.45) is 1.65. The minimum absolute atomic E-state index is 0.228. The SMILES string of the molecule is COc1ccc(C=NN=C(N)SCc2ccccc2)cc1COc1ccc2c(c1)OCO2. The van der Waals surface area contributed by atoms with Gasteiger partial charge in [-0.2, -0.15) is 5.10 Å². The van der Waals surface area contributed by atoms with Crippen LogP contribution >= 0.6 is 11.8 Å². The largest absolute Gasteiger partial charge is 0.496 e. The molecule has 3 aromatic rings. The van der Waals surface area contributed by atoms with Crippen molar-refractivity contribution in [2.45, 2.75) is 12.4 Å². The molecule has 0 fully saturated rings. The summed E-state index contributed by atoms with van der Waals surface area (Å²) < 4.78 is 22.1. The monoisotopic (exact) mass is 449 g/mol. The highest BCUT2D eigenvalue weighted by molar-refractivity contribution is 8.13. The molecule has 8 heteroatoms. The van der Waals surface area contributed by atoms with E-state index in [0.717, 1.165) is 28.4 Å². The van der Waals surface area contributed by atoms with Gasteiger partial charge in [-0.1, -0.05) is 42.1 Å². The molecule has 0 saturated heterocycles. The van der Waals surface area contributed by atoms with E-state index in [0.29, 0.717) is 23.3 Å². The molecule has 1 aliphatic heterocycles. The Hall–Kier alpha value is -3.65. The van der Waals surface area contributed by atoms with Crippen molar-refractivity contribution in [3.8, 4) is 23.0 Å². The summed E-state index contributed by atoms with van der Waals surface area (Å²) in [6, 6.07) is 21.3.